The molecule has 5 saturated heterocycles. The van der Waals surface area contributed by atoms with Crippen LogP contribution in [0.4, 0.5) is 0 Å². The number of allylic oxidation sites excluding steroid dienone is 1. The second kappa shape index (κ2) is 30.8. The molecule has 588 valence electrons. The average Bonchev–Trinajstić information content (AvgIpc) is 0.669. The lowest BCUT2D eigenvalue weighted by atomic mass is 9.33. The molecule has 0 bridgehead atoms. The van der Waals surface area contributed by atoms with Gasteiger partial charge in [0.15, 0.2) is 48.9 Å². The van der Waals surface area contributed by atoms with Gasteiger partial charge in [-0.25, -0.2) is 4.79 Å². The van der Waals surface area contributed by atoms with E-state index in [0.29, 0.717) is 31.2 Å². The molecule has 1 aromatic carbocycles. The number of rotatable bonds is 20. The summed E-state index contributed by atoms with van der Waals surface area (Å²) >= 11 is 0. The first-order valence-corrected chi connectivity index (χ1v) is 35.7. The molecule has 4 saturated carbocycles. The van der Waals surface area contributed by atoms with Crippen LogP contribution in [0, 0.1) is 50.2 Å². The van der Waals surface area contributed by atoms with E-state index in [2.05, 4.69) is 26.8 Å². The lowest BCUT2D eigenvalue weighted by Gasteiger charge is -2.71. The SMILES string of the molecule is COc1cc(/C=C\C(=O)O[C@@H]2[C@@H](O)[C@H](O[C@@H]3O[C@@H](C)[C@H](O[C@@H]4OC[C@@H](O[C@@H]5O[C@@H](CO)[C@@H](O)[C@H](O)[C@H]5O)[C@H](O)[C@H]4O)[C@@H](O)[C@@H]3O)[C@H](OC(=O)[C@]34CCC(C)(C)C[C@H]3C3=CC[C@@H]5[C@@]6(C)C[C@H](O)[C@@H](O[C@@H]7O[C@@H](CO)[C@@H](O)[C@H](O)[C@H]7O)[C@@](C)(C(=O)O)[C@@H]6CC[C@@]5(C)[C@]3(CO)CC4)O[C@H]2C)cc(OC)c1OC. The minimum atomic E-state index is -2.09. The number of ether oxygens (including phenoxy) is 14. The molecular formula is C71H106O33. The molecular weight excluding hydrogens is 1380 g/mol. The predicted molar refractivity (Wildman–Crippen MR) is 350 cm³/mol. The molecule has 9 fully saturated rings. The fourth-order valence-electron chi connectivity index (χ4n) is 19.5. The van der Waals surface area contributed by atoms with Crippen molar-refractivity contribution in [1.29, 1.82) is 0 Å². The second-order valence-electron chi connectivity index (χ2n) is 31.6. The fraction of sp³-hybridized carbons (Fsp3) is 0.817. The highest BCUT2D eigenvalue weighted by atomic mass is 16.8. The number of hydrogen-bond donors (Lipinski definition) is 16. The number of hydrogen-bond acceptors (Lipinski definition) is 32. The van der Waals surface area contributed by atoms with Gasteiger partial charge in [0.05, 0.1) is 76.9 Å². The highest BCUT2D eigenvalue weighted by Crippen LogP contribution is 2.76. The van der Waals surface area contributed by atoms with E-state index in [1.807, 2.05) is 6.92 Å². The minimum Gasteiger partial charge on any atom is -0.493 e. The number of fused-ring (bicyclic) bond motifs is 7. The largest absolute Gasteiger partial charge is 0.493 e. The Bertz CT molecular complexity index is 3240. The molecule has 0 radical (unpaired) electrons. The van der Waals surface area contributed by atoms with Crippen molar-refractivity contribution in [2.45, 2.75) is 266 Å². The van der Waals surface area contributed by atoms with E-state index in [-0.39, 0.29) is 61.4 Å². The standard InChI is InChI=1S/C71H106O33/c1-29-54(101-59-49(83)45(79)39(27-94-59)99-61-50(84)46(80)43(77)37(25-72)97-61)48(82)52(86)60(95-29)102-57-53(87)55(100-42(76)14-11-31-21-35(91-8)56(93-10)36(22-31)92-9)30(2)96-63(57)104-65(90)70-18-17-66(3,4)23-33(70)32-12-13-40-67(5)24-34(75)58(103-62-51(85)47(81)44(78)38(26-73)98-62)69(7,64(88)89)41(67)15-16-68(40,6)71(32,28-74)20-19-70/h11-12,14,21-22,29-30,33-34,37-41,43-55,57-63,72-75,77-87H,13,15-20,23-28H2,1-10H3,(H,88,89)/b14-11-/t29-,30-,33-,34-,37-,38-,39+,40+,41+,43+,44+,45-,46-,47-,48-,49+,50+,51+,52-,53+,54-,55-,57-,58+,59-,60-,61-,62-,63-,67+,68+,69-,70-,71-/m0/s1. The molecule has 104 heavy (non-hydrogen) atoms. The van der Waals surface area contributed by atoms with Gasteiger partial charge in [-0.15, -0.1) is 0 Å². The van der Waals surface area contributed by atoms with Crippen molar-refractivity contribution in [3.05, 3.63) is 35.4 Å². The van der Waals surface area contributed by atoms with E-state index < -0.39 is 242 Å². The van der Waals surface area contributed by atoms with Crippen molar-refractivity contribution in [2.75, 3.05) is 47.8 Å². The smallest absolute Gasteiger partial charge is 0.331 e. The van der Waals surface area contributed by atoms with Crippen molar-refractivity contribution in [3.63, 3.8) is 0 Å². The van der Waals surface area contributed by atoms with E-state index in [4.69, 9.17) is 66.3 Å². The Kier molecular flexibility index (Phi) is 23.8. The molecule has 5 heterocycles. The van der Waals surface area contributed by atoms with Crippen LogP contribution in [-0.2, 0) is 66.5 Å². The van der Waals surface area contributed by atoms with E-state index in [1.54, 1.807) is 12.1 Å². The van der Waals surface area contributed by atoms with Crippen LogP contribution in [0.25, 0.3) is 6.08 Å². The molecule has 0 aromatic heterocycles. The summed E-state index contributed by atoms with van der Waals surface area (Å²) in [4.78, 5) is 43.8. The van der Waals surface area contributed by atoms with Crippen molar-refractivity contribution in [3.8, 4) is 17.2 Å². The van der Waals surface area contributed by atoms with Crippen LogP contribution in [0.3, 0.4) is 0 Å². The van der Waals surface area contributed by atoms with Crippen molar-refractivity contribution < 1.29 is 162 Å². The first kappa shape index (κ1) is 80.6. The van der Waals surface area contributed by atoms with Gasteiger partial charge in [0.25, 0.3) is 0 Å². The number of carbonyl (C=O) groups excluding carboxylic acids is 2. The van der Waals surface area contributed by atoms with Gasteiger partial charge >= 0.3 is 17.9 Å². The first-order chi connectivity index (χ1) is 49.0. The lowest BCUT2D eigenvalue weighted by molar-refractivity contribution is -0.378. The van der Waals surface area contributed by atoms with Crippen LogP contribution in [-0.4, -0.2) is 307 Å². The fourth-order valence-corrected chi connectivity index (χ4v) is 19.5. The maximum Gasteiger partial charge on any atom is 0.331 e. The van der Waals surface area contributed by atoms with Crippen LogP contribution in [0.5, 0.6) is 17.2 Å². The third-order valence-corrected chi connectivity index (χ3v) is 25.4. The maximum atomic E-state index is 16.0. The third kappa shape index (κ3) is 13.8. The number of carbonyl (C=O) groups is 3. The quantitative estimate of drug-likeness (QED) is 0.0285. The number of carboxylic acid groups (broad SMARTS) is 1. The molecule has 5 aliphatic heterocycles. The highest BCUT2D eigenvalue weighted by Gasteiger charge is 2.74. The molecule has 10 aliphatic rings. The van der Waals surface area contributed by atoms with E-state index in [9.17, 15) is 91.3 Å². The number of aliphatic carboxylic acids is 1. The molecule has 33 nitrogen and oxygen atoms in total. The molecule has 5 aliphatic carbocycles. The van der Waals surface area contributed by atoms with Gasteiger partial charge in [0.1, 0.15) is 97.7 Å². The zero-order valence-electron chi connectivity index (χ0n) is 59.9. The molecule has 33 heteroatoms. The topological polar surface area (TPSA) is 504 Å². The van der Waals surface area contributed by atoms with Gasteiger partial charge in [-0.05, 0) is 136 Å². The summed E-state index contributed by atoms with van der Waals surface area (Å²) in [6.07, 6.45) is -37.5. The number of aliphatic hydroxyl groups excluding tert-OH is 15. The van der Waals surface area contributed by atoms with Gasteiger partial charge in [0, 0.05) is 11.5 Å². The van der Waals surface area contributed by atoms with Crippen molar-refractivity contribution in [1.82, 2.24) is 0 Å². The normalized spacial score (nSPS) is 47.9. The minimum absolute atomic E-state index is 0.00124. The number of esters is 2. The molecule has 1 aromatic rings. The molecule has 16 N–H and O–H groups in total. The molecule has 0 spiro atoms. The van der Waals surface area contributed by atoms with Crippen LogP contribution in [0.15, 0.2) is 29.9 Å². The summed E-state index contributed by atoms with van der Waals surface area (Å²) in [7, 11) is 4.25. The monoisotopic (exact) mass is 1490 g/mol. The zero-order valence-corrected chi connectivity index (χ0v) is 59.9. The highest BCUT2D eigenvalue weighted by molar-refractivity contribution is 5.87. The zero-order chi connectivity index (χ0) is 76.0. The Morgan fingerprint density at radius 3 is 1.71 bits per heavy atom. The van der Waals surface area contributed by atoms with Gasteiger partial charge in [-0.2, -0.15) is 0 Å². The van der Waals surface area contributed by atoms with E-state index in [0.717, 1.165) is 11.6 Å². The van der Waals surface area contributed by atoms with Crippen LogP contribution in [0.1, 0.15) is 112 Å². The van der Waals surface area contributed by atoms with Crippen molar-refractivity contribution in [2.24, 2.45) is 50.2 Å². The maximum absolute atomic E-state index is 16.0. The van der Waals surface area contributed by atoms with Gasteiger partial charge in [-0.3, -0.25) is 9.59 Å². The Morgan fingerprint density at radius 1 is 0.567 bits per heavy atom. The van der Waals surface area contributed by atoms with E-state index in [1.165, 1.54) is 48.2 Å². The van der Waals surface area contributed by atoms with Crippen LogP contribution < -0.4 is 14.2 Å². The Labute approximate surface area is 600 Å². The summed E-state index contributed by atoms with van der Waals surface area (Å²) in [5, 5.41) is 178. The summed E-state index contributed by atoms with van der Waals surface area (Å²) in [6, 6.07) is 3.14. The van der Waals surface area contributed by atoms with Gasteiger partial charge in [0.2, 0.25) is 12.0 Å². The van der Waals surface area contributed by atoms with Crippen molar-refractivity contribution >= 4 is 24.0 Å². The molecule has 0 amide bonds. The van der Waals surface area contributed by atoms with Gasteiger partial charge in [-0.1, -0.05) is 39.3 Å². The van der Waals surface area contributed by atoms with Crippen LogP contribution >= 0.6 is 0 Å². The second-order valence-corrected chi connectivity index (χ2v) is 31.6. The van der Waals surface area contributed by atoms with Crippen LogP contribution in [0.2, 0.25) is 0 Å². The molecule has 11 rings (SSSR count). The Morgan fingerprint density at radius 2 is 1.12 bits per heavy atom. The summed E-state index contributed by atoms with van der Waals surface area (Å²) < 4.78 is 82.5. The number of carboxylic acids is 1. The lowest BCUT2D eigenvalue weighted by Crippen LogP contribution is -2.71. The summed E-state index contributed by atoms with van der Waals surface area (Å²) in [5.41, 5.74) is -5.17. The molecule has 34 atom stereocenters. The predicted octanol–water partition coefficient (Wildman–Crippen LogP) is -2.22. The third-order valence-electron chi connectivity index (χ3n) is 25.4. The van der Waals surface area contributed by atoms with Gasteiger partial charge < -0.3 is 148 Å². The average molecular weight is 1490 g/mol. The number of methoxy groups -OCH3 is 3. The number of aliphatic hydroxyl groups is 15. The Balaban J connectivity index is 0.856. The first-order valence-electron chi connectivity index (χ1n) is 35.7. The number of benzene rings is 1. The summed E-state index contributed by atoms with van der Waals surface area (Å²) in [6.45, 7) is 10.1. The molecule has 0 unspecified atom stereocenters. The van der Waals surface area contributed by atoms with E-state index >= 15 is 4.79 Å². The summed E-state index contributed by atoms with van der Waals surface area (Å²) in [5.74, 6) is -3.93. The Hall–Kier alpha value is -4.45.